The normalized spacial score (nSPS) is 16.5. The maximum absolute atomic E-state index is 11.0. The minimum absolute atomic E-state index is 0.184. The average molecular weight is 443 g/mol. The molecule has 3 aromatic carbocycles. The van der Waals surface area contributed by atoms with Crippen LogP contribution in [0.5, 0.6) is 11.5 Å². The first-order valence-corrected chi connectivity index (χ1v) is 11.1. The molecular formula is C26H26N4O3. The number of primary amides is 1. The molecule has 0 aliphatic carbocycles. The maximum atomic E-state index is 11.0. The summed E-state index contributed by atoms with van der Waals surface area (Å²) in [6.07, 6.45) is 1.54. The highest BCUT2D eigenvalue weighted by Crippen LogP contribution is 2.26. The molecule has 7 nitrogen and oxygen atoms in total. The summed E-state index contributed by atoms with van der Waals surface area (Å²) in [7, 11) is 0. The van der Waals surface area contributed by atoms with Crippen molar-refractivity contribution in [2.24, 2.45) is 5.73 Å². The van der Waals surface area contributed by atoms with Crippen LogP contribution in [0.2, 0.25) is 0 Å². The second-order valence-corrected chi connectivity index (χ2v) is 8.31. The molecule has 2 heterocycles. The zero-order valence-corrected chi connectivity index (χ0v) is 18.2. The average Bonchev–Trinajstić information content (AvgIpc) is 3.23. The summed E-state index contributed by atoms with van der Waals surface area (Å²) in [5, 5.41) is 0. The summed E-state index contributed by atoms with van der Waals surface area (Å²) in [6.45, 7) is 2.99. The molecule has 1 saturated heterocycles. The Bertz CT molecular complexity index is 1240. The van der Waals surface area contributed by atoms with Crippen LogP contribution in [0.3, 0.4) is 0 Å². The van der Waals surface area contributed by atoms with Crippen molar-refractivity contribution in [2.75, 3.05) is 13.1 Å². The number of aromatic nitrogens is 2. The number of carbonyl (C=O) groups excluding carboxylic acids is 1. The number of piperidine rings is 1. The van der Waals surface area contributed by atoms with E-state index in [1.54, 1.807) is 18.2 Å². The minimum atomic E-state index is -0.842. The molecule has 1 amide bonds. The number of hydrogen-bond donors (Lipinski definition) is 2. The number of imidazole rings is 1. The number of likely N-dealkylation sites (tertiary alicyclic amines) is 1. The third-order valence-electron chi connectivity index (χ3n) is 5.81. The number of fused-ring (bicyclic) bond motifs is 1. The predicted octanol–water partition coefficient (Wildman–Crippen LogP) is 4.73. The van der Waals surface area contributed by atoms with E-state index in [0.717, 1.165) is 60.6 Å². The number of aromatic amines is 1. The van der Waals surface area contributed by atoms with Gasteiger partial charge in [0, 0.05) is 24.7 Å². The van der Waals surface area contributed by atoms with Crippen molar-refractivity contribution in [2.45, 2.75) is 25.5 Å². The third-order valence-corrected chi connectivity index (χ3v) is 5.81. The van der Waals surface area contributed by atoms with Crippen molar-refractivity contribution >= 4 is 17.1 Å². The van der Waals surface area contributed by atoms with Crippen LogP contribution in [0, 0.1) is 0 Å². The quantitative estimate of drug-likeness (QED) is 0.450. The standard InChI is InChI=1S/C26H26N4O3/c27-26(31)33-21-12-13-23-24(15-21)29-25(28-23)19-8-10-20(11-9-19)32-22-7-4-14-30(17-22)16-18-5-2-1-3-6-18/h1-3,5-6,8-13,15,22H,4,7,14,16-17H2,(H2,27,31)(H,28,29). The highest BCUT2D eigenvalue weighted by Gasteiger charge is 2.21. The number of benzene rings is 3. The SMILES string of the molecule is NC(=O)Oc1ccc2nc(-c3ccc(OC4CCCN(Cc5ccccc5)C4)cc3)[nH]c2c1. The summed E-state index contributed by atoms with van der Waals surface area (Å²) in [5.74, 6) is 1.97. The minimum Gasteiger partial charge on any atom is -0.489 e. The van der Waals surface area contributed by atoms with Crippen molar-refractivity contribution < 1.29 is 14.3 Å². The van der Waals surface area contributed by atoms with Crippen molar-refractivity contribution in [1.29, 1.82) is 0 Å². The van der Waals surface area contributed by atoms with E-state index in [0.29, 0.717) is 5.75 Å². The van der Waals surface area contributed by atoms with Crippen LogP contribution in [0.15, 0.2) is 72.8 Å². The van der Waals surface area contributed by atoms with Crippen LogP contribution in [0.1, 0.15) is 18.4 Å². The molecule has 3 N–H and O–H groups in total. The Hall–Kier alpha value is -3.84. The highest BCUT2D eigenvalue weighted by molar-refractivity contribution is 5.81. The van der Waals surface area contributed by atoms with Gasteiger partial charge in [0.05, 0.1) is 11.0 Å². The number of ether oxygens (including phenoxy) is 2. The zero-order valence-electron chi connectivity index (χ0n) is 18.2. The molecule has 0 saturated carbocycles. The van der Waals surface area contributed by atoms with Gasteiger partial charge in [0.25, 0.3) is 0 Å². The fourth-order valence-electron chi connectivity index (χ4n) is 4.28. The lowest BCUT2D eigenvalue weighted by molar-refractivity contribution is 0.0843. The molecule has 0 radical (unpaired) electrons. The topological polar surface area (TPSA) is 93.5 Å². The van der Waals surface area contributed by atoms with Gasteiger partial charge in [0.15, 0.2) is 0 Å². The second-order valence-electron chi connectivity index (χ2n) is 8.31. The smallest absolute Gasteiger partial charge is 0.409 e. The Kier molecular flexibility index (Phi) is 5.95. The summed E-state index contributed by atoms with van der Waals surface area (Å²) in [5.41, 5.74) is 8.92. The highest BCUT2D eigenvalue weighted by atomic mass is 16.5. The van der Waals surface area contributed by atoms with Crippen LogP contribution in [-0.2, 0) is 6.54 Å². The van der Waals surface area contributed by atoms with Gasteiger partial charge in [-0.15, -0.1) is 0 Å². The largest absolute Gasteiger partial charge is 0.489 e. The molecule has 4 aromatic rings. The van der Waals surface area contributed by atoms with Gasteiger partial charge in [0.2, 0.25) is 0 Å². The van der Waals surface area contributed by atoms with Gasteiger partial charge in [-0.3, -0.25) is 4.90 Å². The first-order valence-electron chi connectivity index (χ1n) is 11.1. The Balaban J connectivity index is 1.23. The molecule has 33 heavy (non-hydrogen) atoms. The summed E-state index contributed by atoms with van der Waals surface area (Å²) in [6, 6.07) is 23.7. The monoisotopic (exact) mass is 442 g/mol. The number of carbonyl (C=O) groups is 1. The molecule has 1 unspecified atom stereocenters. The van der Waals surface area contributed by atoms with Gasteiger partial charge in [-0.2, -0.15) is 0 Å². The lowest BCUT2D eigenvalue weighted by atomic mass is 10.1. The number of rotatable bonds is 6. The predicted molar refractivity (Wildman–Crippen MR) is 127 cm³/mol. The summed E-state index contributed by atoms with van der Waals surface area (Å²) in [4.78, 5) is 21.3. The van der Waals surface area contributed by atoms with Gasteiger partial charge < -0.3 is 20.2 Å². The van der Waals surface area contributed by atoms with Crippen LogP contribution < -0.4 is 15.2 Å². The molecule has 1 fully saturated rings. The van der Waals surface area contributed by atoms with Gasteiger partial charge in [-0.05, 0) is 61.3 Å². The van der Waals surface area contributed by atoms with Crippen molar-refractivity contribution in [1.82, 2.24) is 14.9 Å². The van der Waals surface area contributed by atoms with Gasteiger partial charge in [-0.25, -0.2) is 9.78 Å². The van der Waals surface area contributed by atoms with Gasteiger partial charge >= 0.3 is 6.09 Å². The molecule has 5 rings (SSSR count). The Labute approximate surface area is 192 Å². The first kappa shape index (κ1) is 21.0. The molecule has 1 aromatic heterocycles. The molecular weight excluding hydrogens is 416 g/mol. The summed E-state index contributed by atoms with van der Waals surface area (Å²) < 4.78 is 11.2. The van der Waals surface area contributed by atoms with Gasteiger partial charge in [0.1, 0.15) is 23.4 Å². The van der Waals surface area contributed by atoms with Crippen molar-refractivity contribution in [3.8, 4) is 22.9 Å². The van der Waals surface area contributed by atoms with Crippen LogP contribution in [0.25, 0.3) is 22.4 Å². The van der Waals surface area contributed by atoms with E-state index < -0.39 is 6.09 Å². The summed E-state index contributed by atoms with van der Waals surface area (Å²) >= 11 is 0. The fourth-order valence-corrected chi connectivity index (χ4v) is 4.28. The first-order chi connectivity index (χ1) is 16.1. The van der Waals surface area contributed by atoms with Crippen molar-refractivity contribution in [3.63, 3.8) is 0 Å². The van der Waals surface area contributed by atoms with Crippen LogP contribution in [-0.4, -0.2) is 40.2 Å². The molecule has 1 aliphatic heterocycles. The van der Waals surface area contributed by atoms with E-state index >= 15 is 0 Å². The second kappa shape index (κ2) is 9.34. The lowest BCUT2D eigenvalue weighted by Gasteiger charge is -2.33. The number of nitrogens with zero attached hydrogens (tertiary/aromatic N) is 2. The molecule has 168 valence electrons. The number of nitrogens with two attached hydrogens (primary N) is 1. The van der Waals surface area contributed by atoms with E-state index in [1.165, 1.54) is 5.56 Å². The van der Waals surface area contributed by atoms with Crippen molar-refractivity contribution in [3.05, 3.63) is 78.4 Å². The van der Waals surface area contributed by atoms with Gasteiger partial charge in [-0.1, -0.05) is 30.3 Å². The lowest BCUT2D eigenvalue weighted by Crippen LogP contribution is -2.40. The molecule has 1 aliphatic rings. The Morgan fingerprint density at radius 3 is 2.64 bits per heavy atom. The Morgan fingerprint density at radius 1 is 1.06 bits per heavy atom. The van der Waals surface area contributed by atoms with E-state index in [-0.39, 0.29) is 6.10 Å². The third kappa shape index (κ3) is 5.15. The van der Waals surface area contributed by atoms with E-state index in [4.69, 9.17) is 15.2 Å². The van der Waals surface area contributed by atoms with E-state index in [1.807, 2.05) is 24.3 Å². The number of hydrogen-bond acceptors (Lipinski definition) is 5. The molecule has 1 atom stereocenters. The van der Waals surface area contributed by atoms with E-state index in [2.05, 4.69) is 45.2 Å². The molecule has 0 spiro atoms. The Morgan fingerprint density at radius 2 is 1.85 bits per heavy atom. The maximum Gasteiger partial charge on any atom is 0.409 e. The van der Waals surface area contributed by atoms with Crippen LogP contribution >= 0.6 is 0 Å². The number of nitrogens with one attached hydrogen (secondary N) is 1. The molecule has 7 heteroatoms. The molecule has 0 bridgehead atoms. The zero-order chi connectivity index (χ0) is 22.6. The van der Waals surface area contributed by atoms with Crippen LogP contribution in [0.4, 0.5) is 4.79 Å². The van der Waals surface area contributed by atoms with E-state index in [9.17, 15) is 4.79 Å². The number of H-pyrrole nitrogens is 1. The fraction of sp³-hybridized carbons (Fsp3) is 0.231. The number of amides is 1.